The van der Waals surface area contributed by atoms with E-state index in [1.54, 1.807) is 4.90 Å². The van der Waals surface area contributed by atoms with Gasteiger partial charge in [-0.1, -0.05) is 36.4 Å². The second kappa shape index (κ2) is 11.9. The van der Waals surface area contributed by atoms with Crippen molar-refractivity contribution in [2.75, 3.05) is 13.1 Å². The molecule has 2 aliphatic heterocycles. The lowest BCUT2D eigenvalue weighted by Gasteiger charge is -2.25. The molecule has 2 aliphatic rings. The highest BCUT2D eigenvalue weighted by Gasteiger charge is 2.33. The Morgan fingerprint density at radius 3 is 2.65 bits per heavy atom. The molecule has 9 heteroatoms. The standard InChI is InChI=1S/C28H34N4O5/c1-18-8-10-22-14-21(18)16-29-27(35)24(11-9-20-6-4-3-5-7-20)31-28(36)25(30-19(2)33)15-26(34)32-13-12-23(17-32)37-22/h3-8,10,14,23-25H,9,11-13,15-17H2,1-2H3,(H,29,35)(H,30,33)(H,31,36)/t23?,24-,25-/m0/s1. The van der Waals surface area contributed by atoms with Gasteiger partial charge in [0.1, 0.15) is 23.9 Å². The van der Waals surface area contributed by atoms with Crippen LogP contribution < -0.4 is 20.7 Å². The fourth-order valence-corrected chi connectivity index (χ4v) is 4.72. The SMILES string of the molecule is CC(=O)N[C@H]1CC(=O)N2CCC(C2)Oc2ccc(C)c(c2)CNC(=O)[C@H](CCc2ccccc2)NC1=O. The molecule has 2 heterocycles. The zero-order valence-electron chi connectivity index (χ0n) is 21.3. The molecule has 9 nitrogen and oxygen atoms in total. The number of amides is 4. The number of carbonyl (C=O) groups is 4. The van der Waals surface area contributed by atoms with Gasteiger partial charge in [0.2, 0.25) is 23.6 Å². The van der Waals surface area contributed by atoms with Crippen LogP contribution in [-0.2, 0) is 32.1 Å². The number of aryl methyl sites for hydroxylation is 2. The van der Waals surface area contributed by atoms with Crippen molar-refractivity contribution < 1.29 is 23.9 Å². The van der Waals surface area contributed by atoms with Crippen molar-refractivity contribution in [2.24, 2.45) is 0 Å². The summed E-state index contributed by atoms with van der Waals surface area (Å²) >= 11 is 0. The quantitative estimate of drug-likeness (QED) is 0.583. The van der Waals surface area contributed by atoms with Gasteiger partial charge in [-0.15, -0.1) is 0 Å². The molecule has 1 saturated heterocycles. The maximum absolute atomic E-state index is 13.3. The van der Waals surface area contributed by atoms with Crippen LogP contribution in [0, 0.1) is 6.92 Å². The molecule has 4 bridgehead atoms. The Balaban J connectivity index is 1.60. The van der Waals surface area contributed by atoms with Crippen LogP contribution in [0.5, 0.6) is 5.75 Å². The van der Waals surface area contributed by atoms with E-state index in [0.29, 0.717) is 38.1 Å². The lowest BCUT2D eigenvalue weighted by Crippen LogP contribution is -2.54. The molecular formula is C28H34N4O5. The molecule has 0 saturated carbocycles. The summed E-state index contributed by atoms with van der Waals surface area (Å²) in [5.74, 6) is -0.884. The predicted octanol–water partition coefficient (Wildman–Crippen LogP) is 1.62. The van der Waals surface area contributed by atoms with Crippen LogP contribution >= 0.6 is 0 Å². The largest absolute Gasteiger partial charge is 0.489 e. The van der Waals surface area contributed by atoms with Gasteiger partial charge in [-0.05, 0) is 48.6 Å². The molecule has 196 valence electrons. The molecule has 2 aromatic carbocycles. The summed E-state index contributed by atoms with van der Waals surface area (Å²) in [6.07, 6.45) is 1.24. The molecule has 2 aromatic rings. The van der Waals surface area contributed by atoms with E-state index < -0.39 is 23.9 Å². The van der Waals surface area contributed by atoms with E-state index in [1.807, 2.05) is 55.5 Å². The summed E-state index contributed by atoms with van der Waals surface area (Å²) in [5, 5.41) is 8.33. The second-order valence-electron chi connectivity index (χ2n) is 9.72. The predicted molar refractivity (Wildman–Crippen MR) is 138 cm³/mol. The maximum Gasteiger partial charge on any atom is 0.243 e. The smallest absolute Gasteiger partial charge is 0.243 e. The summed E-state index contributed by atoms with van der Waals surface area (Å²) in [7, 11) is 0. The highest BCUT2D eigenvalue weighted by molar-refractivity contribution is 5.94. The number of fused-ring (bicyclic) bond motifs is 4. The fraction of sp³-hybridized carbons (Fsp3) is 0.429. The zero-order chi connectivity index (χ0) is 26.4. The van der Waals surface area contributed by atoms with Gasteiger partial charge in [-0.25, -0.2) is 0 Å². The minimum Gasteiger partial charge on any atom is -0.489 e. The molecule has 0 spiro atoms. The van der Waals surface area contributed by atoms with Gasteiger partial charge >= 0.3 is 0 Å². The van der Waals surface area contributed by atoms with Gasteiger partial charge in [-0.2, -0.15) is 0 Å². The Bertz CT molecular complexity index is 1150. The zero-order valence-corrected chi connectivity index (χ0v) is 21.3. The van der Waals surface area contributed by atoms with Gasteiger partial charge in [0.05, 0.1) is 13.0 Å². The lowest BCUT2D eigenvalue weighted by molar-refractivity contribution is -0.136. The normalized spacial score (nSPS) is 22.6. The van der Waals surface area contributed by atoms with Crippen molar-refractivity contribution in [1.29, 1.82) is 0 Å². The number of hydrogen-bond acceptors (Lipinski definition) is 5. The van der Waals surface area contributed by atoms with Gasteiger partial charge in [0, 0.05) is 26.4 Å². The van der Waals surface area contributed by atoms with Gasteiger partial charge in [-0.3, -0.25) is 19.2 Å². The highest BCUT2D eigenvalue weighted by atomic mass is 16.5. The molecule has 1 fully saturated rings. The van der Waals surface area contributed by atoms with Gasteiger partial charge < -0.3 is 25.6 Å². The van der Waals surface area contributed by atoms with Crippen molar-refractivity contribution in [3.05, 3.63) is 65.2 Å². The first-order chi connectivity index (χ1) is 17.8. The van der Waals surface area contributed by atoms with E-state index in [2.05, 4.69) is 16.0 Å². The Morgan fingerprint density at radius 2 is 1.89 bits per heavy atom. The number of hydrogen-bond donors (Lipinski definition) is 3. The van der Waals surface area contributed by atoms with Gasteiger partial charge in [0.25, 0.3) is 0 Å². The minimum atomic E-state index is -1.08. The van der Waals surface area contributed by atoms with Crippen molar-refractivity contribution >= 4 is 23.6 Å². The molecular weight excluding hydrogens is 472 g/mol. The van der Waals surface area contributed by atoms with Gasteiger partial charge in [0.15, 0.2) is 0 Å². The van der Waals surface area contributed by atoms with Crippen LogP contribution in [0.4, 0.5) is 0 Å². The average Bonchev–Trinajstić information content (AvgIpc) is 3.34. The van der Waals surface area contributed by atoms with E-state index in [9.17, 15) is 19.2 Å². The number of ether oxygens (including phenoxy) is 1. The third-order valence-electron chi connectivity index (χ3n) is 6.84. The number of nitrogens with zero attached hydrogens (tertiary/aromatic N) is 1. The van der Waals surface area contributed by atoms with Crippen molar-refractivity contribution in [2.45, 2.75) is 64.3 Å². The van der Waals surface area contributed by atoms with Crippen LogP contribution in [0.25, 0.3) is 0 Å². The summed E-state index contributed by atoms with van der Waals surface area (Å²) in [6, 6.07) is 13.5. The van der Waals surface area contributed by atoms with Crippen molar-refractivity contribution in [3.63, 3.8) is 0 Å². The Labute approximate surface area is 216 Å². The fourth-order valence-electron chi connectivity index (χ4n) is 4.72. The molecule has 4 amide bonds. The first-order valence-electron chi connectivity index (χ1n) is 12.7. The summed E-state index contributed by atoms with van der Waals surface area (Å²) in [4.78, 5) is 53.1. The van der Waals surface area contributed by atoms with E-state index in [0.717, 1.165) is 16.7 Å². The van der Waals surface area contributed by atoms with Crippen LogP contribution in [0.15, 0.2) is 48.5 Å². The van der Waals surface area contributed by atoms with E-state index in [-0.39, 0.29) is 30.9 Å². The first-order valence-corrected chi connectivity index (χ1v) is 12.7. The molecule has 0 aromatic heterocycles. The Hall–Kier alpha value is -3.88. The lowest BCUT2D eigenvalue weighted by atomic mass is 10.0. The number of rotatable bonds is 4. The summed E-state index contributed by atoms with van der Waals surface area (Å²) in [5.41, 5.74) is 2.95. The molecule has 37 heavy (non-hydrogen) atoms. The van der Waals surface area contributed by atoms with E-state index in [1.165, 1.54) is 6.92 Å². The average molecular weight is 507 g/mol. The molecule has 0 radical (unpaired) electrons. The Kier molecular flexibility index (Phi) is 8.43. The van der Waals surface area contributed by atoms with Crippen molar-refractivity contribution in [1.82, 2.24) is 20.9 Å². The molecule has 4 rings (SSSR count). The minimum absolute atomic E-state index is 0.169. The summed E-state index contributed by atoms with van der Waals surface area (Å²) in [6.45, 7) is 4.46. The number of carbonyl (C=O) groups excluding carboxylic acids is 4. The molecule has 0 aliphatic carbocycles. The summed E-state index contributed by atoms with van der Waals surface area (Å²) < 4.78 is 6.14. The topological polar surface area (TPSA) is 117 Å². The molecule has 3 N–H and O–H groups in total. The highest BCUT2D eigenvalue weighted by Crippen LogP contribution is 2.23. The second-order valence-corrected chi connectivity index (χ2v) is 9.72. The molecule has 3 atom stereocenters. The van der Waals surface area contributed by atoms with Crippen LogP contribution in [0.2, 0.25) is 0 Å². The third-order valence-corrected chi connectivity index (χ3v) is 6.84. The maximum atomic E-state index is 13.3. The molecule has 1 unspecified atom stereocenters. The first kappa shape index (κ1) is 26.2. The third kappa shape index (κ3) is 7.09. The van der Waals surface area contributed by atoms with Crippen LogP contribution in [-0.4, -0.2) is 59.8 Å². The van der Waals surface area contributed by atoms with E-state index >= 15 is 0 Å². The number of benzene rings is 2. The Morgan fingerprint density at radius 1 is 1.11 bits per heavy atom. The van der Waals surface area contributed by atoms with Crippen molar-refractivity contribution in [3.8, 4) is 5.75 Å². The van der Waals surface area contributed by atoms with Crippen LogP contribution in [0.1, 0.15) is 42.9 Å². The van der Waals surface area contributed by atoms with E-state index in [4.69, 9.17) is 4.74 Å². The van der Waals surface area contributed by atoms with Crippen LogP contribution in [0.3, 0.4) is 0 Å². The number of nitrogens with one attached hydrogen (secondary N) is 3. The monoisotopic (exact) mass is 506 g/mol.